The van der Waals surface area contributed by atoms with Crippen molar-refractivity contribution >= 4 is 0 Å². The Morgan fingerprint density at radius 1 is 1.25 bits per heavy atom. The molecular weight excluding hydrogens is 194 g/mol. The van der Waals surface area contributed by atoms with E-state index < -0.39 is 0 Å². The smallest absolute Gasteiger partial charge is 0.0117 e. The number of piperidine rings is 1. The third-order valence-electron chi connectivity index (χ3n) is 5.12. The van der Waals surface area contributed by atoms with Gasteiger partial charge in [-0.15, -0.1) is 11.8 Å². The van der Waals surface area contributed by atoms with Gasteiger partial charge in [0, 0.05) is 25.0 Å². The van der Waals surface area contributed by atoms with E-state index in [4.69, 9.17) is 0 Å². The topological polar surface area (TPSA) is 3.24 Å². The summed E-state index contributed by atoms with van der Waals surface area (Å²) in [4.78, 5) is 2.82. The van der Waals surface area contributed by atoms with Gasteiger partial charge in [0.25, 0.3) is 0 Å². The van der Waals surface area contributed by atoms with Crippen LogP contribution >= 0.6 is 0 Å². The standard InChI is InChI=1S/C15H23N/c1-3-4-5-12-6-7-14(8-12)16-10-13-9-15(13)11(16)2/h11-15H,5-10H2,1-2H3/t11?,12?,13-,14?,15+/m0/s1. The van der Waals surface area contributed by atoms with Crippen LogP contribution in [0.2, 0.25) is 0 Å². The SMILES string of the molecule is CC#CCC1CCC(N2C[C@@H]3C[C@@H]3C2C)C1. The van der Waals surface area contributed by atoms with E-state index in [1.54, 1.807) is 0 Å². The summed E-state index contributed by atoms with van der Waals surface area (Å²) in [6, 6.07) is 1.78. The number of hydrogen-bond donors (Lipinski definition) is 0. The fourth-order valence-corrected chi connectivity index (χ4v) is 4.02. The first kappa shape index (κ1) is 10.7. The molecule has 0 aromatic heterocycles. The second kappa shape index (κ2) is 4.08. The minimum atomic E-state index is 0.881. The average molecular weight is 217 g/mol. The van der Waals surface area contributed by atoms with Gasteiger partial charge < -0.3 is 0 Å². The number of hydrogen-bond acceptors (Lipinski definition) is 1. The number of likely N-dealkylation sites (tertiary alicyclic amines) is 1. The Kier molecular flexibility index (Phi) is 2.72. The van der Waals surface area contributed by atoms with Crippen molar-refractivity contribution in [1.82, 2.24) is 4.90 Å². The van der Waals surface area contributed by atoms with Gasteiger partial charge in [-0.3, -0.25) is 4.90 Å². The van der Waals surface area contributed by atoms with Gasteiger partial charge in [-0.25, -0.2) is 0 Å². The van der Waals surface area contributed by atoms with Crippen molar-refractivity contribution in [2.75, 3.05) is 6.54 Å². The Morgan fingerprint density at radius 3 is 2.81 bits per heavy atom. The van der Waals surface area contributed by atoms with E-state index >= 15 is 0 Å². The molecular formula is C15H23N. The van der Waals surface area contributed by atoms with Crippen LogP contribution in [0.15, 0.2) is 0 Å². The second-order valence-corrected chi connectivity index (χ2v) is 6.06. The van der Waals surface area contributed by atoms with Crippen molar-refractivity contribution in [3.05, 3.63) is 0 Å². The lowest BCUT2D eigenvalue weighted by Crippen LogP contribution is -2.38. The van der Waals surface area contributed by atoms with Gasteiger partial charge in [0.1, 0.15) is 0 Å². The molecule has 0 spiro atoms. The van der Waals surface area contributed by atoms with E-state index in [0.29, 0.717) is 0 Å². The van der Waals surface area contributed by atoms with Crippen molar-refractivity contribution in [2.24, 2.45) is 17.8 Å². The third-order valence-corrected chi connectivity index (χ3v) is 5.12. The fraction of sp³-hybridized carbons (Fsp3) is 0.867. The van der Waals surface area contributed by atoms with E-state index in [2.05, 4.69) is 23.7 Å². The number of fused-ring (bicyclic) bond motifs is 1. The van der Waals surface area contributed by atoms with Gasteiger partial charge in [-0.2, -0.15) is 0 Å². The molecule has 1 heterocycles. The molecule has 88 valence electrons. The number of rotatable bonds is 2. The molecule has 0 radical (unpaired) electrons. The second-order valence-electron chi connectivity index (χ2n) is 6.06. The normalized spacial score (nSPS) is 46.2. The Balaban J connectivity index is 1.55. The summed E-state index contributed by atoms with van der Waals surface area (Å²) >= 11 is 0. The predicted octanol–water partition coefficient (Wildman–Crippen LogP) is 2.91. The molecule has 3 fully saturated rings. The van der Waals surface area contributed by atoms with Crippen molar-refractivity contribution in [3.63, 3.8) is 0 Å². The highest BCUT2D eigenvalue weighted by Gasteiger charge is 2.52. The zero-order valence-electron chi connectivity index (χ0n) is 10.6. The Morgan fingerprint density at radius 2 is 2.12 bits per heavy atom. The van der Waals surface area contributed by atoms with Crippen molar-refractivity contribution in [2.45, 2.75) is 58.0 Å². The third kappa shape index (κ3) is 1.78. The van der Waals surface area contributed by atoms with Crippen LogP contribution in [-0.4, -0.2) is 23.5 Å². The van der Waals surface area contributed by atoms with Gasteiger partial charge in [-0.1, -0.05) is 0 Å². The maximum atomic E-state index is 3.26. The Hall–Kier alpha value is -0.480. The number of nitrogens with zero attached hydrogens (tertiary/aromatic N) is 1. The summed E-state index contributed by atoms with van der Waals surface area (Å²) in [6.45, 7) is 5.82. The molecule has 3 unspecified atom stereocenters. The highest BCUT2D eigenvalue weighted by atomic mass is 15.2. The lowest BCUT2D eigenvalue weighted by atomic mass is 10.0. The molecule has 0 N–H and O–H groups in total. The van der Waals surface area contributed by atoms with Crippen molar-refractivity contribution in [3.8, 4) is 11.8 Å². The van der Waals surface area contributed by atoms with E-state index in [1.807, 2.05) is 6.92 Å². The average Bonchev–Trinajstić information content (AvgIpc) is 2.78. The van der Waals surface area contributed by atoms with E-state index in [0.717, 1.165) is 36.3 Å². The maximum Gasteiger partial charge on any atom is 0.0117 e. The van der Waals surface area contributed by atoms with E-state index in [1.165, 1.54) is 32.2 Å². The van der Waals surface area contributed by atoms with Crippen LogP contribution in [0.25, 0.3) is 0 Å². The summed E-state index contributed by atoms with van der Waals surface area (Å²) < 4.78 is 0. The first-order valence-corrected chi connectivity index (χ1v) is 6.95. The lowest BCUT2D eigenvalue weighted by Gasteiger charge is -2.30. The Labute approximate surface area is 99.6 Å². The van der Waals surface area contributed by atoms with Gasteiger partial charge in [0.05, 0.1) is 0 Å². The lowest BCUT2D eigenvalue weighted by molar-refractivity contribution is 0.163. The molecule has 2 saturated carbocycles. The predicted molar refractivity (Wildman–Crippen MR) is 67.0 cm³/mol. The summed E-state index contributed by atoms with van der Waals surface area (Å²) in [5.41, 5.74) is 0. The highest BCUT2D eigenvalue weighted by Crippen LogP contribution is 2.51. The largest absolute Gasteiger partial charge is 0.297 e. The van der Waals surface area contributed by atoms with Gasteiger partial charge in [-0.05, 0) is 57.3 Å². The zero-order chi connectivity index (χ0) is 11.1. The molecule has 16 heavy (non-hydrogen) atoms. The molecule has 0 aromatic rings. The van der Waals surface area contributed by atoms with Gasteiger partial charge in [0.15, 0.2) is 0 Å². The fourth-order valence-electron chi connectivity index (χ4n) is 4.02. The molecule has 1 saturated heterocycles. The summed E-state index contributed by atoms with van der Waals surface area (Å²) in [5.74, 6) is 9.33. The Bertz CT molecular complexity index is 324. The first-order chi connectivity index (χ1) is 7.79. The van der Waals surface area contributed by atoms with Crippen LogP contribution in [-0.2, 0) is 0 Å². The molecule has 1 nitrogen and oxygen atoms in total. The first-order valence-electron chi connectivity index (χ1n) is 6.95. The van der Waals surface area contributed by atoms with Crippen LogP contribution in [0, 0.1) is 29.6 Å². The molecule has 1 aliphatic heterocycles. The molecule has 2 aliphatic carbocycles. The van der Waals surface area contributed by atoms with Crippen molar-refractivity contribution in [1.29, 1.82) is 0 Å². The van der Waals surface area contributed by atoms with Gasteiger partial charge in [0.2, 0.25) is 0 Å². The zero-order valence-corrected chi connectivity index (χ0v) is 10.6. The summed E-state index contributed by atoms with van der Waals surface area (Å²) in [5, 5.41) is 0. The van der Waals surface area contributed by atoms with Crippen LogP contribution in [0.4, 0.5) is 0 Å². The monoisotopic (exact) mass is 217 g/mol. The molecule has 3 aliphatic rings. The van der Waals surface area contributed by atoms with Crippen LogP contribution in [0.1, 0.15) is 46.0 Å². The van der Waals surface area contributed by atoms with E-state index in [9.17, 15) is 0 Å². The maximum absolute atomic E-state index is 3.26. The molecule has 0 amide bonds. The van der Waals surface area contributed by atoms with Crippen molar-refractivity contribution < 1.29 is 0 Å². The van der Waals surface area contributed by atoms with Crippen LogP contribution in [0.5, 0.6) is 0 Å². The van der Waals surface area contributed by atoms with Gasteiger partial charge >= 0.3 is 0 Å². The minimum Gasteiger partial charge on any atom is -0.297 e. The van der Waals surface area contributed by atoms with E-state index in [-0.39, 0.29) is 0 Å². The summed E-state index contributed by atoms with van der Waals surface area (Å²) in [6.07, 6.45) is 6.92. The molecule has 1 heteroatoms. The minimum absolute atomic E-state index is 0.881. The molecule has 0 aromatic carbocycles. The highest BCUT2D eigenvalue weighted by molar-refractivity contribution is 5.06. The van der Waals surface area contributed by atoms with Crippen LogP contribution < -0.4 is 0 Å². The molecule has 5 atom stereocenters. The molecule has 0 bridgehead atoms. The quantitative estimate of drug-likeness (QED) is 0.643. The summed E-state index contributed by atoms with van der Waals surface area (Å²) in [7, 11) is 0. The van der Waals surface area contributed by atoms with Crippen LogP contribution in [0.3, 0.4) is 0 Å². The molecule has 3 rings (SSSR count).